The van der Waals surface area contributed by atoms with Crippen molar-refractivity contribution in [3.63, 3.8) is 0 Å². The van der Waals surface area contributed by atoms with Crippen LogP contribution in [0.15, 0.2) is 17.0 Å². The minimum atomic E-state index is -3.97. The summed E-state index contributed by atoms with van der Waals surface area (Å²) in [4.78, 5) is 27.0. The van der Waals surface area contributed by atoms with E-state index in [9.17, 15) is 18.0 Å². The molecular weight excluding hydrogens is 384 g/mol. The zero-order valence-corrected chi connectivity index (χ0v) is 17.0. The molecule has 2 heterocycles. The zero-order chi connectivity index (χ0) is 20.3. The lowest BCUT2D eigenvalue weighted by atomic mass is 10.1. The molecule has 1 saturated heterocycles. The number of methoxy groups -OCH3 is 1. The Morgan fingerprint density at radius 3 is 2.82 bits per heavy atom. The fourth-order valence-corrected chi connectivity index (χ4v) is 5.67. The fraction of sp³-hybridized carbons (Fsp3) is 0.632. The molecule has 2 fully saturated rings. The second-order valence-electron chi connectivity index (χ2n) is 7.37. The van der Waals surface area contributed by atoms with E-state index < -0.39 is 22.0 Å². The van der Waals surface area contributed by atoms with Gasteiger partial charge in [-0.3, -0.25) is 4.79 Å². The lowest BCUT2D eigenvalue weighted by molar-refractivity contribution is -0.144. The summed E-state index contributed by atoms with van der Waals surface area (Å²) >= 11 is 0. The van der Waals surface area contributed by atoms with Gasteiger partial charge in [0.2, 0.25) is 15.9 Å². The van der Waals surface area contributed by atoms with Gasteiger partial charge in [0.05, 0.1) is 7.11 Å². The van der Waals surface area contributed by atoms with Gasteiger partial charge < -0.3 is 14.3 Å². The molecule has 0 bridgehead atoms. The molecule has 9 heteroatoms. The molecule has 0 unspecified atom stereocenters. The molecule has 0 radical (unpaired) electrons. The molecule has 0 N–H and O–H groups in total. The molecule has 3 rings (SSSR count). The van der Waals surface area contributed by atoms with Gasteiger partial charge in [0.1, 0.15) is 23.3 Å². The van der Waals surface area contributed by atoms with E-state index in [1.165, 1.54) is 17.5 Å². The Morgan fingerprint density at radius 2 is 2.11 bits per heavy atom. The second-order valence-corrected chi connectivity index (χ2v) is 9.23. The minimum Gasteiger partial charge on any atom is -0.473 e. The summed E-state index contributed by atoms with van der Waals surface area (Å²) in [5.41, 5.74) is 0.641. The Hall–Kier alpha value is -2.00. The summed E-state index contributed by atoms with van der Waals surface area (Å²) < 4.78 is 38.5. The maximum absolute atomic E-state index is 13.3. The first kappa shape index (κ1) is 20.7. The summed E-state index contributed by atoms with van der Waals surface area (Å²) in [6.45, 7) is 2.01. The Labute approximate surface area is 165 Å². The highest BCUT2D eigenvalue weighted by molar-refractivity contribution is 7.89. The van der Waals surface area contributed by atoms with E-state index in [1.54, 1.807) is 13.0 Å². The standard InChI is InChI=1S/C19H26N2O6S/c1-13-5-8-17(18(20-13)27-15-7-6-14(12-15)9-11-22)28(24,25)21-10-3-4-16(21)19(23)26-2/h5,8,11,14-16H,3-4,6-7,9-10,12H2,1-2H3/t14-,15-,16+/m1/s1. The van der Waals surface area contributed by atoms with Crippen LogP contribution in [0.3, 0.4) is 0 Å². The van der Waals surface area contributed by atoms with E-state index in [0.717, 1.165) is 19.1 Å². The number of sulfonamides is 1. The van der Waals surface area contributed by atoms with E-state index in [1.807, 2.05) is 0 Å². The molecule has 0 aromatic carbocycles. The summed E-state index contributed by atoms with van der Waals surface area (Å²) in [5, 5.41) is 0. The molecule has 0 spiro atoms. The number of ether oxygens (including phenoxy) is 2. The number of nitrogens with zero attached hydrogens (tertiary/aromatic N) is 2. The first-order valence-electron chi connectivity index (χ1n) is 9.54. The van der Waals surface area contributed by atoms with Gasteiger partial charge in [-0.15, -0.1) is 0 Å². The SMILES string of the molecule is COC(=O)[C@@H]1CCCN1S(=O)(=O)c1ccc(C)nc1O[C@@H]1CC[C@H](CC=O)C1. The van der Waals surface area contributed by atoms with Crippen molar-refractivity contribution < 1.29 is 27.5 Å². The average Bonchev–Trinajstić information content (AvgIpc) is 3.31. The van der Waals surface area contributed by atoms with Gasteiger partial charge >= 0.3 is 5.97 Å². The van der Waals surface area contributed by atoms with Crippen molar-refractivity contribution in [1.82, 2.24) is 9.29 Å². The van der Waals surface area contributed by atoms with Crippen LogP contribution in [0, 0.1) is 12.8 Å². The normalized spacial score (nSPS) is 25.6. The Bertz CT molecular complexity index is 841. The minimum absolute atomic E-state index is 0.0345. The number of aromatic nitrogens is 1. The van der Waals surface area contributed by atoms with Crippen molar-refractivity contribution in [2.24, 2.45) is 5.92 Å². The molecule has 8 nitrogen and oxygen atoms in total. The number of hydrogen-bond acceptors (Lipinski definition) is 7. The van der Waals surface area contributed by atoms with Crippen molar-refractivity contribution in [3.05, 3.63) is 17.8 Å². The van der Waals surface area contributed by atoms with Crippen LogP contribution in [-0.4, -0.2) is 55.8 Å². The Morgan fingerprint density at radius 1 is 1.32 bits per heavy atom. The van der Waals surface area contributed by atoms with Crippen LogP contribution in [0.1, 0.15) is 44.2 Å². The van der Waals surface area contributed by atoms with Gasteiger partial charge in [0, 0.05) is 18.7 Å². The molecule has 28 heavy (non-hydrogen) atoms. The molecular formula is C19H26N2O6S. The number of aryl methyl sites for hydroxylation is 1. The van der Waals surface area contributed by atoms with Crippen LogP contribution in [0.2, 0.25) is 0 Å². The first-order valence-corrected chi connectivity index (χ1v) is 11.0. The summed E-state index contributed by atoms with van der Waals surface area (Å²) in [5.74, 6) is -0.238. The summed E-state index contributed by atoms with van der Waals surface area (Å²) in [6.07, 6.45) is 4.55. The predicted molar refractivity (Wildman–Crippen MR) is 100 cm³/mol. The summed E-state index contributed by atoms with van der Waals surface area (Å²) in [6, 6.07) is 2.28. The number of aldehydes is 1. The van der Waals surface area contributed by atoms with E-state index in [-0.39, 0.29) is 29.3 Å². The van der Waals surface area contributed by atoms with Crippen molar-refractivity contribution in [3.8, 4) is 5.88 Å². The van der Waals surface area contributed by atoms with Gasteiger partial charge in [-0.2, -0.15) is 4.31 Å². The lowest BCUT2D eigenvalue weighted by Crippen LogP contribution is -2.41. The van der Waals surface area contributed by atoms with Gasteiger partial charge in [-0.05, 0) is 57.1 Å². The van der Waals surface area contributed by atoms with E-state index >= 15 is 0 Å². The van der Waals surface area contributed by atoms with E-state index in [4.69, 9.17) is 9.47 Å². The smallest absolute Gasteiger partial charge is 0.324 e. The van der Waals surface area contributed by atoms with E-state index in [2.05, 4.69) is 4.98 Å². The third kappa shape index (κ3) is 4.20. The molecule has 1 aromatic rings. The monoisotopic (exact) mass is 410 g/mol. The Kier molecular flexibility index (Phi) is 6.34. The topological polar surface area (TPSA) is 103 Å². The van der Waals surface area contributed by atoms with E-state index in [0.29, 0.717) is 31.4 Å². The van der Waals surface area contributed by atoms with Gasteiger partial charge in [-0.25, -0.2) is 13.4 Å². The van der Waals surface area contributed by atoms with Gasteiger partial charge in [-0.1, -0.05) is 0 Å². The molecule has 154 valence electrons. The third-order valence-electron chi connectivity index (χ3n) is 5.43. The lowest BCUT2D eigenvalue weighted by Gasteiger charge is -2.24. The number of pyridine rings is 1. The average molecular weight is 410 g/mol. The van der Waals surface area contributed by atoms with Gasteiger partial charge in [0.15, 0.2) is 0 Å². The highest BCUT2D eigenvalue weighted by Crippen LogP contribution is 2.35. The number of carbonyl (C=O) groups is 2. The summed E-state index contributed by atoms with van der Waals surface area (Å²) in [7, 11) is -2.71. The molecule has 1 aliphatic heterocycles. The van der Waals surface area contributed by atoms with Crippen molar-refractivity contribution >= 4 is 22.3 Å². The number of carbonyl (C=O) groups excluding carboxylic acids is 2. The Balaban J connectivity index is 1.87. The zero-order valence-electron chi connectivity index (χ0n) is 16.2. The molecule has 2 aliphatic rings. The molecule has 0 amide bonds. The van der Waals surface area contributed by atoms with Crippen molar-refractivity contribution in [1.29, 1.82) is 0 Å². The number of hydrogen-bond donors (Lipinski definition) is 0. The molecule has 3 atom stereocenters. The highest BCUT2D eigenvalue weighted by Gasteiger charge is 2.42. The second kappa shape index (κ2) is 8.57. The van der Waals surface area contributed by atoms with Crippen LogP contribution in [-0.2, 0) is 24.3 Å². The maximum atomic E-state index is 13.3. The van der Waals surface area contributed by atoms with Crippen LogP contribution in [0.4, 0.5) is 0 Å². The fourth-order valence-electron chi connectivity index (χ4n) is 3.97. The first-order chi connectivity index (χ1) is 13.4. The largest absolute Gasteiger partial charge is 0.473 e. The maximum Gasteiger partial charge on any atom is 0.324 e. The number of esters is 1. The van der Waals surface area contributed by atoms with Crippen LogP contribution >= 0.6 is 0 Å². The van der Waals surface area contributed by atoms with Gasteiger partial charge in [0.25, 0.3) is 0 Å². The highest BCUT2D eigenvalue weighted by atomic mass is 32.2. The number of rotatable bonds is 7. The van der Waals surface area contributed by atoms with Crippen LogP contribution in [0.5, 0.6) is 5.88 Å². The predicted octanol–water partition coefficient (Wildman–Crippen LogP) is 1.85. The van der Waals surface area contributed by atoms with Crippen molar-refractivity contribution in [2.45, 2.75) is 62.5 Å². The molecule has 1 aromatic heterocycles. The molecule has 1 aliphatic carbocycles. The third-order valence-corrected chi connectivity index (χ3v) is 7.35. The van der Waals surface area contributed by atoms with Crippen LogP contribution < -0.4 is 4.74 Å². The van der Waals surface area contributed by atoms with Crippen LogP contribution in [0.25, 0.3) is 0 Å². The van der Waals surface area contributed by atoms with Crippen molar-refractivity contribution in [2.75, 3.05) is 13.7 Å². The quantitative estimate of drug-likeness (QED) is 0.499. The molecule has 1 saturated carbocycles.